The van der Waals surface area contributed by atoms with E-state index >= 15 is 0 Å². The van der Waals surface area contributed by atoms with Crippen LogP contribution in [0.25, 0.3) is 0 Å². The van der Waals surface area contributed by atoms with Crippen LogP contribution in [0.15, 0.2) is 36.5 Å². The highest BCUT2D eigenvalue weighted by molar-refractivity contribution is 5.11. The van der Waals surface area contributed by atoms with E-state index in [1.165, 1.54) is 199 Å². The van der Waals surface area contributed by atoms with Crippen molar-refractivity contribution in [3.8, 4) is 0 Å². The summed E-state index contributed by atoms with van der Waals surface area (Å²) in [4.78, 5) is 0. The molecular weight excluding hydrogens is 623 g/mol. The minimum Gasteiger partial charge on any atom is -0.395 e. The van der Waals surface area contributed by atoms with E-state index in [-0.39, 0.29) is 12.2 Å². The molecule has 0 aromatic rings. The number of ether oxygens (including phenoxy) is 1. The molecule has 3 aliphatic rings. The van der Waals surface area contributed by atoms with Crippen LogP contribution < -0.4 is 5.32 Å². The molecule has 3 rings (SSSR count). The Bertz CT molecular complexity index is 885. The van der Waals surface area contributed by atoms with Crippen LogP contribution in [0.5, 0.6) is 0 Å². The molecule has 1 heterocycles. The molecule has 51 heavy (non-hydrogen) atoms. The molecule has 3 atom stereocenters. The smallest absolute Gasteiger partial charge is 0.0700 e. The molecule has 2 saturated carbocycles. The average molecular weight is 710 g/mol. The third-order valence-corrected chi connectivity index (χ3v) is 12.7. The van der Waals surface area contributed by atoms with Crippen molar-refractivity contribution in [3.63, 3.8) is 0 Å². The van der Waals surface area contributed by atoms with Crippen molar-refractivity contribution in [1.82, 2.24) is 5.32 Å². The number of allylic oxidation sites excluding steroid dienone is 6. The van der Waals surface area contributed by atoms with Gasteiger partial charge in [-0.3, -0.25) is 0 Å². The standard InChI is InChI=1S/C48H87NO2/c1-3-5-7-9-11-13-15-17-19-21-23-25-27-29-31-33-35-47(42-48(43-47)41-44-39-45(49-37-38-50)40-46(44)51-48)36-34-32-30-28-26-24-22-20-18-16-14-12-10-8-6-4-2/h11-14,17,19,44-46,49-50H,3-10,15-16,18,20-43H2,1-2H3/b13-11-,14-12-,19-17-/t44-,45?,46-,47?,48?/m1/s1. The van der Waals surface area contributed by atoms with Crippen molar-refractivity contribution < 1.29 is 9.84 Å². The second-order valence-electron chi connectivity index (χ2n) is 17.5. The van der Waals surface area contributed by atoms with Crippen molar-refractivity contribution in [2.24, 2.45) is 11.3 Å². The summed E-state index contributed by atoms with van der Waals surface area (Å²) in [5.74, 6) is 0.744. The Labute approximate surface area is 318 Å². The number of unbranched alkanes of at least 4 members (excludes halogenated alkanes) is 21. The first-order chi connectivity index (χ1) is 25.1. The largest absolute Gasteiger partial charge is 0.395 e. The fourth-order valence-corrected chi connectivity index (χ4v) is 9.98. The second-order valence-corrected chi connectivity index (χ2v) is 17.5. The van der Waals surface area contributed by atoms with E-state index in [1.807, 2.05) is 0 Å². The monoisotopic (exact) mass is 710 g/mol. The SMILES string of the molecule is CCCCC/C=C\C/C=C\CCCCCCCCC1(CCCCCCCCCCC/C=C\CCCCC)CC2(C[C@H]3CC(NCCO)C[C@H]3O2)C1. The lowest BCUT2D eigenvalue weighted by atomic mass is 9.54. The van der Waals surface area contributed by atoms with Gasteiger partial charge >= 0.3 is 0 Å². The van der Waals surface area contributed by atoms with Gasteiger partial charge in [0, 0.05) is 12.6 Å². The van der Waals surface area contributed by atoms with Gasteiger partial charge in [0.2, 0.25) is 0 Å². The number of hydrogen-bond acceptors (Lipinski definition) is 3. The molecule has 0 bridgehead atoms. The molecule has 3 heteroatoms. The first-order valence-electron chi connectivity index (χ1n) is 23.1. The molecule has 2 aliphatic carbocycles. The zero-order valence-electron chi connectivity index (χ0n) is 34.3. The minimum absolute atomic E-state index is 0.209. The molecule has 0 amide bonds. The number of fused-ring (bicyclic) bond motifs is 1. The van der Waals surface area contributed by atoms with Gasteiger partial charge in [0.05, 0.1) is 18.3 Å². The molecule has 3 nitrogen and oxygen atoms in total. The molecule has 1 aliphatic heterocycles. The lowest BCUT2D eigenvalue weighted by molar-refractivity contribution is -0.167. The molecule has 3 fully saturated rings. The summed E-state index contributed by atoms with van der Waals surface area (Å²) in [6.45, 7) is 5.53. The first-order valence-corrected chi connectivity index (χ1v) is 23.1. The third-order valence-electron chi connectivity index (χ3n) is 12.7. The van der Waals surface area contributed by atoms with Crippen LogP contribution in [0.4, 0.5) is 0 Å². The summed E-state index contributed by atoms with van der Waals surface area (Å²) in [6, 6.07) is 0.551. The Morgan fingerprint density at radius 1 is 0.569 bits per heavy atom. The molecular formula is C48H87NO2. The number of rotatable bonds is 34. The van der Waals surface area contributed by atoms with Crippen LogP contribution >= 0.6 is 0 Å². The van der Waals surface area contributed by atoms with Crippen LogP contribution in [0, 0.1) is 11.3 Å². The summed E-state index contributed by atoms with van der Waals surface area (Å²) >= 11 is 0. The molecule has 1 saturated heterocycles. The number of nitrogens with one attached hydrogen (secondary N) is 1. The van der Waals surface area contributed by atoms with Crippen molar-refractivity contribution in [1.29, 1.82) is 0 Å². The van der Waals surface area contributed by atoms with E-state index in [0.29, 0.717) is 17.6 Å². The molecule has 1 unspecified atom stereocenters. The molecule has 296 valence electrons. The average Bonchev–Trinajstić information content (AvgIpc) is 3.66. The van der Waals surface area contributed by atoms with Gasteiger partial charge in [-0.25, -0.2) is 0 Å². The number of hydrogen-bond donors (Lipinski definition) is 2. The van der Waals surface area contributed by atoms with E-state index in [2.05, 4.69) is 55.6 Å². The van der Waals surface area contributed by atoms with Crippen molar-refractivity contribution in [2.45, 2.75) is 243 Å². The van der Waals surface area contributed by atoms with E-state index in [1.54, 1.807) is 0 Å². The summed E-state index contributed by atoms with van der Waals surface area (Å²) in [7, 11) is 0. The van der Waals surface area contributed by atoms with Crippen LogP contribution in [-0.2, 0) is 4.74 Å². The van der Waals surface area contributed by atoms with Crippen LogP contribution in [0.3, 0.4) is 0 Å². The Balaban J connectivity index is 1.25. The first kappa shape index (κ1) is 44.5. The lowest BCUT2D eigenvalue weighted by Crippen LogP contribution is -2.52. The van der Waals surface area contributed by atoms with Gasteiger partial charge in [-0.05, 0) is 114 Å². The van der Waals surface area contributed by atoms with Crippen molar-refractivity contribution in [3.05, 3.63) is 36.5 Å². The van der Waals surface area contributed by atoms with Gasteiger partial charge < -0.3 is 15.2 Å². The van der Waals surface area contributed by atoms with Crippen molar-refractivity contribution >= 4 is 0 Å². The van der Waals surface area contributed by atoms with E-state index in [0.717, 1.165) is 25.3 Å². The normalized spacial score (nSPS) is 26.1. The topological polar surface area (TPSA) is 41.5 Å². The summed E-state index contributed by atoms with van der Waals surface area (Å²) in [6.07, 6.45) is 59.7. The zero-order valence-corrected chi connectivity index (χ0v) is 34.3. The van der Waals surface area contributed by atoms with Crippen LogP contribution in [0.1, 0.15) is 226 Å². The predicted octanol–water partition coefficient (Wildman–Crippen LogP) is 14.3. The quantitative estimate of drug-likeness (QED) is 0.0516. The Hall–Kier alpha value is -0.900. The lowest BCUT2D eigenvalue weighted by Gasteiger charge is -2.55. The predicted molar refractivity (Wildman–Crippen MR) is 224 cm³/mol. The third kappa shape index (κ3) is 19.3. The molecule has 0 aromatic heterocycles. The highest BCUT2D eigenvalue weighted by Gasteiger charge is 2.61. The maximum Gasteiger partial charge on any atom is 0.0700 e. The second kappa shape index (κ2) is 28.5. The Kier molecular flexibility index (Phi) is 24.9. The molecule has 0 radical (unpaired) electrons. The maximum absolute atomic E-state index is 9.24. The molecule has 1 spiro atoms. The van der Waals surface area contributed by atoms with Crippen LogP contribution in [0.2, 0.25) is 0 Å². The van der Waals surface area contributed by atoms with E-state index in [4.69, 9.17) is 4.74 Å². The van der Waals surface area contributed by atoms with Gasteiger partial charge in [0.15, 0.2) is 0 Å². The highest BCUT2D eigenvalue weighted by Crippen LogP contribution is 2.63. The van der Waals surface area contributed by atoms with Gasteiger partial charge in [-0.15, -0.1) is 0 Å². The van der Waals surface area contributed by atoms with Gasteiger partial charge in [0.1, 0.15) is 0 Å². The highest BCUT2D eigenvalue weighted by atomic mass is 16.5. The minimum atomic E-state index is 0.209. The van der Waals surface area contributed by atoms with Crippen LogP contribution in [-0.4, -0.2) is 36.0 Å². The number of aliphatic hydroxyl groups excluding tert-OH is 1. The van der Waals surface area contributed by atoms with Gasteiger partial charge in [0.25, 0.3) is 0 Å². The molecule has 2 N–H and O–H groups in total. The van der Waals surface area contributed by atoms with E-state index in [9.17, 15) is 5.11 Å². The summed E-state index contributed by atoms with van der Waals surface area (Å²) in [5, 5.41) is 12.8. The van der Waals surface area contributed by atoms with Crippen molar-refractivity contribution in [2.75, 3.05) is 13.2 Å². The number of aliphatic hydroxyl groups is 1. The molecule has 0 aromatic carbocycles. The zero-order chi connectivity index (χ0) is 36.1. The Morgan fingerprint density at radius 2 is 1.02 bits per heavy atom. The van der Waals surface area contributed by atoms with E-state index < -0.39 is 0 Å². The Morgan fingerprint density at radius 3 is 1.49 bits per heavy atom. The van der Waals surface area contributed by atoms with Gasteiger partial charge in [-0.1, -0.05) is 159 Å². The fourth-order valence-electron chi connectivity index (χ4n) is 9.98. The fraction of sp³-hybridized carbons (Fsp3) is 0.875. The summed E-state index contributed by atoms with van der Waals surface area (Å²) < 4.78 is 6.92. The van der Waals surface area contributed by atoms with Gasteiger partial charge in [-0.2, -0.15) is 0 Å². The summed E-state index contributed by atoms with van der Waals surface area (Å²) in [5.41, 5.74) is 0.771. The maximum atomic E-state index is 9.24.